The average molecular weight is 305 g/mol. The van der Waals surface area contributed by atoms with Crippen molar-refractivity contribution < 1.29 is 4.79 Å². The van der Waals surface area contributed by atoms with E-state index in [0.29, 0.717) is 11.7 Å². The number of carbonyl (C=O) groups excluding carboxylic acids is 1. The highest BCUT2D eigenvalue weighted by atomic mass is 32.1. The lowest BCUT2D eigenvalue weighted by molar-refractivity contribution is 0.0930. The van der Waals surface area contributed by atoms with Crippen LogP contribution in [0.15, 0.2) is 23.7 Å². The SMILES string of the molecule is CCCC(NC(=O)c1cn(C2CNC2)nn1)c1cccs1. The summed E-state index contributed by atoms with van der Waals surface area (Å²) in [5.74, 6) is -0.152. The van der Waals surface area contributed by atoms with E-state index in [0.717, 1.165) is 25.9 Å². The van der Waals surface area contributed by atoms with Gasteiger partial charge in [0.2, 0.25) is 0 Å². The highest BCUT2D eigenvalue weighted by molar-refractivity contribution is 7.10. The summed E-state index contributed by atoms with van der Waals surface area (Å²) in [4.78, 5) is 13.5. The third-order valence-corrected chi connectivity index (χ3v) is 4.63. The van der Waals surface area contributed by atoms with Gasteiger partial charge in [-0.2, -0.15) is 0 Å². The Hall–Kier alpha value is -1.73. The van der Waals surface area contributed by atoms with Crippen LogP contribution in [0, 0.1) is 0 Å². The van der Waals surface area contributed by atoms with Crippen LogP contribution >= 0.6 is 11.3 Å². The second kappa shape index (κ2) is 6.36. The van der Waals surface area contributed by atoms with Crippen LogP contribution in [-0.2, 0) is 0 Å². The number of thiophene rings is 1. The summed E-state index contributed by atoms with van der Waals surface area (Å²) in [5, 5.41) is 16.3. The average Bonchev–Trinajstić information content (AvgIpc) is 3.07. The standard InChI is InChI=1S/C14H19N5OS/c1-2-4-11(13-5-3-6-21-13)16-14(20)12-9-19(18-17-12)10-7-15-8-10/h3,5-6,9-11,15H,2,4,7-8H2,1H3,(H,16,20). The number of rotatable bonds is 6. The zero-order chi connectivity index (χ0) is 14.7. The maximum absolute atomic E-state index is 12.3. The van der Waals surface area contributed by atoms with Crippen molar-refractivity contribution in [2.75, 3.05) is 13.1 Å². The van der Waals surface area contributed by atoms with Gasteiger partial charge >= 0.3 is 0 Å². The van der Waals surface area contributed by atoms with Crippen LogP contribution in [0.5, 0.6) is 0 Å². The second-order valence-corrected chi connectivity index (χ2v) is 6.21. The summed E-state index contributed by atoms with van der Waals surface area (Å²) in [6.45, 7) is 3.89. The molecule has 2 aromatic heterocycles. The van der Waals surface area contributed by atoms with Gasteiger partial charge in [0.1, 0.15) is 0 Å². The van der Waals surface area contributed by atoms with E-state index < -0.39 is 0 Å². The molecule has 112 valence electrons. The number of nitrogens with zero attached hydrogens (tertiary/aromatic N) is 3. The Balaban J connectivity index is 1.67. The first-order valence-corrected chi connectivity index (χ1v) is 8.12. The van der Waals surface area contributed by atoms with Crippen LogP contribution < -0.4 is 10.6 Å². The smallest absolute Gasteiger partial charge is 0.273 e. The van der Waals surface area contributed by atoms with Crippen LogP contribution in [0.1, 0.15) is 47.2 Å². The fourth-order valence-corrected chi connectivity index (χ4v) is 3.13. The maximum atomic E-state index is 12.3. The second-order valence-electron chi connectivity index (χ2n) is 5.23. The number of nitrogens with one attached hydrogen (secondary N) is 2. The predicted molar refractivity (Wildman–Crippen MR) is 81.4 cm³/mol. The molecule has 1 fully saturated rings. The first-order chi connectivity index (χ1) is 10.3. The number of amides is 1. The van der Waals surface area contributed by atoms with Gasteiger partial charge in [-0.25, -0.2) is 4.68 Å². The predicted octanol–water partition coefficient (Wildman–Crippen LogP) is 1.76. The largest absolute Gasteiger partial charge is 0.343 e. The Kier molecular flexibility index (Phi) is 4.31. The minimum Gasteiger partial charge on any atom is -0.343 e. The Morgan fingerprint density at radius 2 is 2.48 bits per heavy atom. The fourth-order valence-electron chi connectivity index (χ4n) is 2.32. The van der Waals surface area contributed by atoms with Gasteiger partial charge in [0.05, 0.1) is 18.3 Å². The van der Waals surface area contributed by atoms with Crippen molar-refractivity contribution in [1.29, 1.82) is 0 Å². The molecule has 1 saturated heterocycles. The summed E-state index contributed by atoms with van der Waals surface area (Å²) in [5.41, 5.74) is 0.388. The van der Waals surface area contributed by atoms with Crippen LogP contribution in [-0.4, -0.2) is 34.0 Å². The summed E-state index contributed by atoms with van der Waals surface area (Å²) in [6.07, 6.45) is 3.68. The van der Waals surface area contributed by atoms with Crippen LogP contribution in [0.2, 0.25) is 0 Å². The molecule has 7 heteroatoms. The third-order valence-electron chi connectivity index (χ3n) is 3.65. The monoisotopic (exact) mass is 305 g/mol. The first kappa shape index (κ1) is 14.2. The molecule has 2 N–H and O–H groups in total. The molecule has 0 bridgehead atoms. The van der Waals surface area contributed by atoms with E-state index in [1.54, 1.807) is 22.2 Å². The molecule has 2 aromatic rings. The van der Waals surface area contributed by atoms with Crippen LogP contribution in [0.4, 0.5) is 0 Å². The van der Waals surface area contributed by atoms with Gasteiger partial charge in [0, 0.05) is 18.0 Å². The first-order valence-electron chi connectivity index (χ1n) is 7.24. The molecule has 1 aliphatic rings. The van der Waals surface area contributed by atoms with E-state index >= 15 is 0 Å². The van der Waals surface area contributed by atoms with Crippen molar-refractivity contribution >= 4 is 17.2 Å². The molecule has 0 radical (unpaired) electrons. The zero-order valence-electron chi connectivity index (χ0n) is 12.0. The Morgan fingerprint density at radius 3 is 3.10 bits per heavy atom. The molecule has 0 aromatic carbocycles. The number of hydrogen-bond donors (Lipinski definition) is 2. The Morgan fingerprint density at radius 1 is 1.62 bits per heavy atom. The lowest BCUT2D eigenvalue weighted by Gasteiger charge is -2.26. The van der Waals surface area contributed by atoms with Gasteiger partial charge in [-0.15, -0.1) is 16.4 Å². The number of hydrogen-bond acceptors (Lipinski definition) is 5. The zero-order valence-corrected chi connectivity index (χ0v) is 12.8. The van der Waals surface area contributed by atoms with E-state index in [-0.39, 0.29) is 11.9 Å². The van der Waals surface area contributed by atoms with E-state index in [1.807, 2.05) is 11.4 Å². The minimum atomic E-state index is -0.152. The molecular weight excluding hydrogens is 286 g/mol. The molecule has 1 unspecified atom stereocenters. The van der Waals surface area contributed by atoms with Crippen molar-refractivity contribution in [2.45, 2.75) is 31.8 Å². The van der Waals surface area contributed by atoms with Gasteiger partial charge < -0.3 is 10.6 Å². The molecule has 3 rings (SSSR count). The summed E-state index contributed by atoms with van der Waals surface area (Å²) >= 11 is 1.67. The fraction of sp³-hybridized carbons (Fsp3) is 0.500. The van der Waals surface area contributed by atoms with Crippen LogP contribution in [0.3, 0.4) is 0 Å². The quantitative estimate of drug-likeness (QED) is 0.853. The topological polar surface area (TPSA) is 71.8 Å². The molecule has 0 aliphatic carbocycles. The normalized spacial score (nSPS) is 16.4. The van der Waals surface area contributed by atoms with E-state index in [1.165, 1.54) is 4.88 Å². The van der Waals surface area contributed by atoms with E-state index in [9.17, 15) is 4.79 Å². The van der Waals surface area contributed by atoms with Crippen molar-refractivity contribution in [3.63, 3.8) is 0 Å². The van der Waals surface area contributed by atoms with Crippen molar-refractivity contribution in [2.24, 2.45) is 0 Å². The molecule has 21 heavy (non-hydrogen) atoms. The molecule has 0 saturated carbocycles. The van der Waals surface area contributed by atoms with E-state index in [2.05, 4.69) is 33.9 Å². The van der Waals surface area contributed by atoms with Crippen molar-refractivity contribution in [3.8, 4) is 0 Å². The highest BCUT2D eigenvalue weighted by Crippen LogP contribution is 2.23. The molecule has 0 spiro atoms. The van der Waals surface area contributed by atoms with Crippen LogP contribution in [0.25, 0.3) is 0 Å². The van der Waals surface area contributed by atoms with Gasteiger partial charge in [-0.3, -0.25) is 4.79 Å². The Bertz CT molecular complexity index is 590. The highest BCUT2D eigenvalue weighted by Gasteiger charge is 2.23. The number of aromatic nitrogens is 3. The lowest BCUT2D eigenvalue weighted by atomic mass is 10.1. The minimum absolute atomic E-state index is 0.0537. The van der Waals surface area contributed by atoms with Gasteiger partial charge in [0.15, 0.2) is 5.69 Å². The molecule has 1 aliphatic heterocycles. The van der Waals surface area contributed by atoms with E-state index in [4.69, 9.17) is 0 Å². The van der Waals surface area contributed by atoms with Gasteiger partial charge in [-0.05, 0) is 17.9 Å². The van der Waals surface area contributed by atoms with Crippen molar-refractivity contribution in [3.05, 3.63) is 34.3 Å². The van der Waals surface area contributed by atoms with Gasteiger partial charge in [-0.1, -0.05) is 24.6 Å². The lowest BCUT2D eigenvalue weighted by Crippen LogP contribution is -2.43. The Labute approximate surface area is 127 Å². The van der Waals surface area contributed by atoms with Crippen molar-refractivity contribution in [1.82, 2.24) is 25.6 Å². The van der Waals surface area contributed by atoms with Gasteiger partial charge in [0.25, 0.3) is 5.91 Å². The maximum Gasteiger partial charge on any atom is 0.273 e. The molecule has 1 atom stereocenters. The molecule has 3 heterocycles. The summed E-state index contributed by atoms with van der Waals surface area (Å²) in [7, 11) is 0. The number of carbonyl (C=O) groups is 1. The summed E-state index contributed by atoms with van der Waals surface area (Å²) < 4.78 is 1.77. The third kappa shape index (κ3) is 3.14. The summed E-state index contributed by atoms with van der Waals surface area (Å²) in [6, 6.07) is 4.44. The molecule has 6 nitrogen and oxygen atoms in total. The molecule has 1 amide bonds. The molecular formula is C14H19N5OS.